The Kier molecular flexibility index (Phi) is 8.44. The van der Waals surface area contributed by atoms with Gasteiger partial charge < -0.3 is 5.73 Å². The molecule has 0 radical (unpaired) electrons. The molecule has 50 heavy (non-hydrogen) atoms. The first-order valence-corrected chi connectivity index (χ1v) is 17.5. The maximum absolute atomic E-state index is 6.54. The zero-order valence-electron chi connectivity index (χ0n) is 28.3. The van der Waals surface area contributed by atoms with E-state index in [4.69, 9.17) is 15.7 Å². The number of pyridine rings is 1. The first-order chi connectivity index (χ1) is 24.6. The highest BCUT2D eigenvalue weighted by Gasteiger charge is 2.28. The molecule has 2 heterocycles. The molecule has 1 atom stereocenters. The van der Waals surface area contributed by atoms with Gasteiger partial charge in [0.05, 0.1) is 16.7 Å². The molecule has 4 heteroatoms. The lowest BCUT2D eigenvalue weighted by Crippen LogP contribution is -2.22. The number of nitrogens with two attached hydrogens (primary N) is 1. The fourth-order valence-electron chi connectivity index (χ4n) is 7.21. The Bertz CT molecular complexity index is 2370. The average Bonchev–Trinajstić information content (AvgIpc) is 3.51. The summed E-state index contributed by atoms with van der Waals surface area (Å²) in [6.07, 6.45) is 12.8. The molecule has 0 bridgehead atoms. The van der Waals surface area contributed by atoms with E-state index in [1.807, 2.05) is 42.6 Å². The van der Waals surface area contributed by atoms with Gasteiger partial charge in [0.15, 0.2) is 0 Å². The molecule has 1 unspecified atom stereocenters. The highest BCUT2D eigenvalue weighted by molar-refractivity contribution is 6.10. The third-order valence-corrected chi connectivity index (χ3v) is 10.1. The lowest BCUT2D eigenvalue weighted by Gasteiger charge is -2.31. The first-order valence-electron chi connectivity index (χ1n) is 17.5. The molecule has 2 aromatic heterocycles. The van der Waals surface area contributed by atoms with Crippen LogP contribution in [0, 0.1) is 0 Å². The van der Waals surface area contributed by atoms with Crippen molar-refractivity contribution in [3.63, 3.8) is 0 Å². The summed E-state index contributed by atoms with van der Waals surface area (Å²) in [4.78, 5) is 10.0. The maximum Gasteiger partial charge on any atom is 0.137 e. The molecule has 0 aliphatic heterocycles. The largest absolute Gasteiger partial charge is 0.383 e. The number of allylic oxidation sites excluding steroid dienone is 3. The van der Waals surface area contributed by atoms with Gasteiger partial charge in [0.2, 0.25) is 0 Å². The predicted molar refractivity (Wildman–Crippen MR) is 210 cm³/mol. The third kappa shape index (κ3) is 6.17. The van der Waals surface area contributed by atoms with E-state index < -0.39 is 0 Å². The van der Waals surface area contributed by atoms with Crippen LogP contribution in [-0.4, -0.2) is 15.4 Å². The minimum absolute atomic E-state index is 0.124. The van der Waals surface area contributed by atoms with Crippen molar-refractivity contribution in [1.29, 1.82) is 0 Å². The van der Waals surface area contributed by atoms with Crippen LogP contribution in [0.5, 0.6) is 0 Å². The van der Waals surface area contributed by atoms with Gasteiger partial charge in [0, 0.05) is 28.1 Å². The number of amidine groups is 1. The van der Waals surface area contributed by atoms with Gasteiger partial charge in [0.1, 0.15) is 11.7 Å². The van der Waals surface area contributed by atoms with Crippen LogP contribution in [-0.2, 0) is 11.8 Å². The van der Waals surface area contributed by atoms with Gasteiger partial charge >= 0.3 is 0 Å². The number of aromatic nitrogens is 2. The highest BCUT2D eigenvalue weighted by atomic mass is 15.1. The van der Waals surface area contributed by atoms with Gasteiger partial charge in [-0.25, -0.2) is 9.98 Å². The molecular weight excluding hydrogens is 609 g/mol. The van der Waals surface area contributed by atoms with Crippen LogP contribution in [0.2, 0.25) is 0 Å². The van der Waals surface area contributed by atoms with Crippen molar-refractivity contribution in [1.82, 2.24) is 9.55 Å². The van der Waals surface area contributed by atoms with Crippen molar-refractivity contribution in [3.8, 4) is 16.9 Å². The summed E-state index contributed by atoms with van der Waals surface area (Å²) in [6.45, 7) is 2.41. The highest BCUT2D eigenvalue weighted by Crippen LogP contribution is 2.41. The van der Waals surface area contributed by atoms with E-state index in [2.05, 4.69) is 133 Å². The number of aliphatic imine (C=N–C) groups is 1. The fourth-order valence-corrected chi connectivity index (χ4v) is 7.21. The minimum atomic E-state index is 0.124. The van der Waals surface area contributed by atoms with E-state index in [-0.39, 0.29) is 5.41 Å². The molecular formula is C46H40N4. The molecule has 5 aromatic carbocycles. The van der Waals surface area contributed by atoms with Crippen molar-refractivity contribution in [2.24, 2.45) is 10.7 Å². The number of hydrogen-bond acceptors (Lipinski definition) is 2. The normalized spacial score (nSPS) is 16.7. The van der Waals surface area contributed by atoms with Crippen LogP contribution in [0.4, 0.5) is 0 Å². The third-order valence-electron chi connectivity index (χ3n) is 10.1. The summed E-state index contributed by atoms with van der Waals surface area (Å²) in [5.41, 5.74) is 16.6. The molecule has 1 aliphatic rings. The summed E-state index contributed by atoms with van der Waals surface area (Å²) in [5.74, 6) is 1.34. The van der Waals surface area contributed by atoms with Crippen LogP contribution in [0.15, 0.2) is 169 Å². The summed E-state index contributed by atoms with van der Waals surface area (Å²) in [6, 6.07) is 49.0. The Morgan fingerprint density at radius 1 is 0.740 bits per heavy atom. The van der Waals surface area contributed by atoms with Crippen LogP contribution in [0.3, 0.4) is 0 Å². The van der Waals surface area contributed by atoms with E-state index >= 15 is 0 Å². The second kappa shape index (κ2) is 13.5. The van der Waals surface area contributed by atoms with E-state index in [1.165, 1.54) is 33.0 Å². The number of benzene rings is 5. The Morgan fingerprint density at radius 2 is 1.44 bits per heavy atom. The SMILES string of the molecule is CC1(c2ccc3c(c2)c2cc(-c4ccccc4)ccc2n3-c2ccc(/C(=C/Cc3ccccc3)N=C(N)c3ccccc3)cn2)CC=CCC1. The molecule has 0 fully saturated rings. The van der Waals surface area contributed by atoms with Gasteiger partial charge in [-0.3, -0.25) is 4.57 Å². The molecule has 244 valence electrons. The van der Waals surface area contributed by atoms with Gasteiger partial charge in [-0.15, -0.1) is 0 Å². The van der Waals surface area contributed by atoms with Crippen LogP contribution < -0.4 is 5.73 Å². The molecule has 8 rings (SSSR count). The zero-order valence-corrected chi connectivity index (χ0v) is 28.3. The molecule has 4 nitrogen and oxygen atoms in total. The van der Waals surface area contributed by atoms with Crippen molar-refractivity contribution in [2.45, 2.75) is 38.0 Å². The fraction of sp³-hybridized carbons (Fsp3) is 0.130. The van der Waals surface area contributed by atoms with Gasteiger partial charge in [-0.05, 0) is 89.8 Å². The smallest absolute Gasteiger partial charge is 0.137 e. The molecule has 0 saturated heterocycles. The van der Waals surface area contributed by atoms with E-state index in [1.54, 1.807) is 0 Å². The van der Waals surface area contributed by atoms with Crippen LogP contribution >= 0.6 is 0 Å². The minimum Gasteiger partial charge on any atom is -0.383 e. The van der Waals surface area contributed by atoms with Crippen LogP contribution in [0.25, 0.3) is 44.4 Å². The topological polar surface area (TPSA) is 56.2 Å². The number of hydrogen-bond donors (Lipinski definition) is 1. The summed E-state index contributed by atoms with van der Waals surface area (Å²) < 4.78 is 2.30. The van der Waals surface area contributed by atoms with E-state index in [0.717, 1.165) is 59.4 Å². The molecule has 1 aliphatic carbocycles. The molecule has 0 spiro atoms. The standard InChI is InChI=1S/C46H40N4/c1-46(28-12-5-13-29-46)38-23-26-43-40(31-38)39-30-36(34-16-8-3-9-17-34)21-25-42(39)50(43)44-27-22-37(32-48-44)41(24-20-33-14-6-2-7-15-33)49-45(47)35-18-10-4-11-19-35/h2-12,14-19,21-27,30-32H,13,20,28-29H2,1H3,(H2,47,49)/b41-24-. The quantitative estimate of drug-likeness (QED) is 0.101. The average molecular weight is 649 g/mol. The first kappa shape index (κ1) is 31.3. The van der Waals surface area contributed by atoms with Crippen molar-refractivity contribution in [3.05, 3.63) is 186 Å². The Balaban J connectivity index is 1.24. The lowest BCUT2D eigenvalue weighted by atomic mass is 9.73. The van der Waals surface area contributed by atoms with Crippen molar-refractivity contribution >= 4 is 33.3 Å². The van der Waals surface area contributed by atoms with Gasteiger partial charge in [-0.1, -0.05) is 128 Å². The number of rotatable bonds is 8. The van der Waals surface area contributed by atoms with E-state index in [0.29, 0.717) is 5.84 Å². The molecule has 2 N–H and O–H groups in total. The Labute approximate surface area is 294 Å². The van der Waals surface area contributed by atoms with Crippen molar-refractivity contribution < 1.29 is 0 Å². The van der Waals surface area contributed by atoms with Crippen molar-refractivity contribution in [2.75, 3.05) is 0 Å². The summed E-state index contributed by atoms with van der Waals surface area (Å²) in [5, 5.41) is 2.48. The summed E-state index contributed by atoms with van der Waals surface area (Å²) >= 11 is 0. The number of fused-ring (bicyclic) bond motifs is 3. The second-order valence-corrected chi connectivity index (χ2v) is 13.5. The predicted octanol–water partition coefficient (Wildman–Crippen LogP) is 10.8. The monoisotopic (exact) mass is 648 g/mol. The zero-order chi connectivity index (χ0) is 33.9. The number of nitrogens with zero attached hydrogens (tertiary/aromatic N) is 3. The molecule has 7 aromatic rings. The molecule has 0 saturated carbocycles. The van der Waals surface area contributed by atoms with Gasteiger partial charge in [0.25, 0.3) is 0 Å². The Hall–Kier alpha value is -6.00. The van der Waals surface area contributed by atoms with E-state index in [9.17, 15) is 0 Å². The van der Waals surface area contributed by atoms with Crippen LogP contribution in [0.1, 0.15) is 48.4 Å². The maximum atomic E-state index is 6.54. The second-order valence-electron chi connectivity index (χ2n) is 13.5. The lowest BCUT2D eigenvalue weighted by molar-refractivity contribution is 0.428. The molecule has 0 amide bonds. The Morgan fingerprint density at radius 3 is 2.14 bits per heavy atom. The van der Waals surface area contributed by atoms with Gasteiger partial charge in [-0.2, -0.15) is 0 Å². The summed E-state index contributed by atoms with van der Waals surface area (Å²) in [7, 11) is 0.